The van der Waals surface area contributed by atoms with Crippen molar-refractivity contribution in [2.75, 3.05) is 36.5 Å². The molecular weight excluding hydrogens is 422 g/mol. The first-order valence-electron chi connectivity index (χ1n) is 9.71. The minimum absolute atomic E-state index is 0.0749. The van der Waals surface area contributed by atoms with E-state index in [-0.39, 0.29) is 11.4 Å². The fourth-order valence-corrected chi connectivity index (χ4v) is 3.55. The molecule has 0 spiro atoms. The fraction of sp³-hybridized carbons (Fsp3) is 0.227. The Bertz CT molecular complexity index is 1140. The number of carbonyl (C=O) groups excluding carboxylic acids is 1. The number of benzene rings is 2. The second-order valence-electron chi connectivity index (χ2n) is 7.14. The Morgan fingerprint density at radius 2 is 1.90 bits per heavy atom. The molecule has 1 aliphatic heterocycles. The molecule has 9 heteroatoms. The molecule has 0 unspecified atom stereocenters. The fourth-order valence-electron chi connectivity index (χ4n) is 3.37. The molecule has 0 saturated carbocycles. The summed E-state index contributed by atoms with van der Waals surface area (Å²) in [5, 5.41) is 14.9. The maximum atomic E-state index is 12.6. The van der Waals surface area contributed by atoms with Crippen molar-refractivity contribution in [2.45, 2.75) is 6.92 Å². The Hall–Kier alpha value is -3.36. The van der Waals surface area contributed by atoms with Gasteiger partial charge in [-0.25, -0.2) is 0 Å². The lowest BCUT2D eigenvalue weighted by Crippen LogP contribution is -2.36. The number of amides is 1. The first kappa shape index (κ1) is 20.9. The molecule has 0 radical (unpaired) electrons. The van der Waals surface area contributed by atoms with Crippen molar-refractivity contribution in [1.82, 2.24) is 0 Å². The number of carbonyl (C=O) groups is 1. The van der Waals surface area contributed by atoms with Gasteiger partial charge in [-0.1, -0.05) is 23.7 Å². The Morgan fingerprint density at radius 1 is 1.13 bits per heavy atom. The molecule has 1 aliphatic rings. The number of hydrogen-bond acceptors (Lipinski definition) is 6. The van der Waals surface area contributed by atoms with Crippen LogP contribution in [0.5, 0.6) is 0 Å². The van der Waals surface area contributed by atoms with Crippen molar-refractivity contribution in [1.29, 1.82) is 0 Å². The van der Waals surface area contributed by atoms with Crippen LogP contribution in [0.3, 0.4) is 0 Å². The zero-order chi connectivity index (χ0) is 22.0. The van der Waals surface area contributed by atoms with Gasteiger partial charge < -0.3 is 19.4 Å². The highest BCUT2D eigenvalue weighted by atomic mass is 35.5. The summed E-state index contributed by atoms with van der Waals surface area (Å²) in [5.74, 6) is 0.0881. The van der Waals surface area contributed by atoms with Crippen LogP contribution in [0.15, 0.2) is 52.9 Å². The monoisotopic (exact) mass is 441 g/mol. The Kier molecular flexibility index (Phi) is 5.92. The zero-order valence-corrected chi connectivity index (χ0v) is 17.5. The first-order chi connectivity index (χ1) is 14.9. The van der Waals surface area contributed by atoms with E-state index in [0.29, 0.717) is 48.5 Å². The van der Waals surface area contributed by atoms with E-state index in [0.717, 1.165) is 11.1 Å². The highest BCUT2D eigenvalue weighted by molar-refractivity contribution is 6.31. The van der Waals surface area contributed by atoms with Crippen molar-refractivity contribution in [3.63, 3.8) is 0 Å². The predicted molar refractivity (Wildman–Crippen MR) is 118 cm³/mol. The lowest BCUT2D eigenvalue weighted by Gasteiger charge is -2.28. The van der Waals surface area contributed by atoms with Gasteiger partial charge in [-0.2, -0.15) is 0 Å². The van der Waals surface area contributed by atoms with Gasteiger partial charge >= 0.3 is 0 Å². The molecule has 1 amide bonds. The molecular formula is C22H20ClN3O5. The lowest BCUT2D eigenvalue weighted by molar-refractivity contribution is -0.384. The molecule has 3 aromatic rings. The number of nitrogens with one attached hydrogen (secondary N) is 1. The maximum Gasteiger partial charge on any atom is 0.294 e. The summed E-state index contributed by atoms with van der Waals surface area (Å²) in [5.41, 5.74) is 2.43. The summed E-state index contributed by atoms with van der Waals surface area (Å²) >= 11 is 6.16. The normalized spacial score (nSPS) is 13.8. The third kappa shape index (κ3) is 4.55. The number of rotatable bonds is 5. The molecule has 160 valence electrons. The summed E-state index contributed by atoms with van der Waals surface area (Å²) in [6.45, 7) is 4.08. The van der Waals surface area contributed by atoms with E-state index in [1.54, 1.807) is 30.3 Å². The minimum atomic E-state index is -0.502. The number of aryl methyl sites for hydroxylation is 1. The van der Waals surface area contributed by atoms with E-state index in [1.165, 1.54) is 6.07 Å². The predicted octanol–water partition coefficient (Wildman–Crippen LogP) is 4.91. The van der Waals surface area contributed by atoms with Crippen molar-refractivity contribution in [3.05, 3.63) is 75.0 Å². The number of nitrogens with zero attached hydrogens (tertiary/aromatic N) is 2. The largest absolute Gasteiger partial charge is 0.451 e. The molecule has 0 atom stereocenters. The highest BCUT2D eigenvalue weighted by Crippen LogP contribution is 2.32. The number of furan rings is 1. The number of halogens is 1. The average Bonchev–Trinajstić information content (AvgIpc) is 3.27. The molecule has 4 rings (SSSR count). The number of nitro benzene ring substituents is 1. The van der Waals surface area contributed by atoms with Crippen molar-refractivity contribution in [2.24, 2.45) is 0 Å². The van der Waals surface area contributed by atoms with Crippen LogP contribution in [0, 0.1) is 17.0 Å². The second-order valence-corrected chi connectivity index (χ2v) is 7.55. The van der Waals surface area contributed by atoms with Crippen LogP contribution >= 0.6 is 11.6 Å². The molecule has 1 fully saturated rings. The van der Waals surface area contributed by atoms with E-state index in [2.05, 4.69) is 5.32 Å². The third-order valence-electron chi connectivity index (χ3n) is 5.07. The summed E-state index contributed by atoms with van der Waals surface area (Å²) in [4.78, 5) is 25.7. The highest BCUT2D eigenvalue weighted by Gasteiger charge is 2.23. The van der Waals surface area contributed by atoms with Crippen LogP contribution in [-0.2, 0) is 4.74 Å². The summed E-state index contributed by atoms with van der Waals surface area (Å²) < 4.78 is 11.0. The Balaban J connectivity index is 1.53. The van der Waals surface area contributed by atoms with Crippen molar-refractivity contribution >= 4 is 34.6 Å². The molecule has 0 aliphatic carbocycles. The van der Waals surface area contributed by atoms with Gasteiger partial charge in [0.2, 0.25) is 0 Å². The van der Waals surface area contributed by atoms with E-state index in [4.69, 9.17) is 20.8 Å². The van der Waals surface area contributed by atoms with Gasteiger partial charge in [-0.15, -0.1) is 0 Å². The van der Waals surface area contributed by atoms with Crippen LogP contribution in [0.2, 0.25) is 5.02 Å². The zero-order valence-electron chi connectivity index (χ0n) is 16.8. The molecule has 1 saturated heterocycles. The van der Waals surface area contributed by atoms with Gasteiger partial charge in [0.15, 0.2) is 5.76 Å². The van der Waals surface area contributed by atoms with Crippen molar-refractivity contribution < 1.29 is 18.9 Å². The van der Waals surface area contributed by atoms with Crippen LogP contribution < -0.4 is 10.2 Å². The summed E-state index contributed by atoms with van der Waals surface area (Å²) in [6.07, 6.45) is 0. The third-order valence-corrected chi connectivity index (χ3v) is 5.48. The first-order valence-corrected chi connectivity index (χ1v) is 10.1. The molecule has 1 aromatic heterocycles. The maximum absolute atomic E-state index is 12.6. The number of morpholine rings is 1. The molecule has 0 bridgehead atoms. The average molecular weight is 442 g/mol. The molecule has 2 heterocycles. The SMILES string of the molecule is Cc1ccc(-c2ccc(C(=O)Nc3ccc(N4CCOCC4)c([N+](=O)[O-])c3)o2)cc1Cl. The van der Waals surface area contributed by atoms with E-state index in [1.807, 2.05) is 24.0 Å². The number of anilines is 2. The second kappa shape index (κ2) is 8.79. The van der Waals surface area contributed by atoms with Gasteiger partial charge in [0, 0.05) is 35.4 Å². The standard InChI is InChI=1S/C22H20ClN3O5/c1-14-2-3-15(12-17(14)23)20-6-7-21(31-20)22(27)24-16-4-5-18(19(13-16)26(28)29)25-8-10-30-11-9-25/h2-7,12-13H,8-11H2,1H3,(H,24,27). The van der Waals surface area contributed by atoms with Crippen LogP contribution in [-0.4, -0.2) is 37.1 Å². The number of nitro groups is 1. The van der Waals surface area contributed by atoms with Crippen LogP contribution in [0.1, 0.15) is 16.1 Å². The van der Waals surface area contributed by atoms with Crippen LogP contribution in [0.25, 0.3) is 11.3 Å². The van der Waals surface area contributed by atoms with Crippen LogP contribution in [0.4, 0.5) is 17.1 Å². The molecule has 8 nitrogen and oxygen atoms in total. The Labute approximate surface area is 183 Å². The van der Waals surface area contributed by atoms with E-state index >= 15 is 0 Å². The topological polar surface area (TPSA) is 97.9 Å². The van der Waals surface area contributed by atoms with E-state index in [9.17, 15) is 14.9 Å². The summed E-state index contributed by atoms with van der Waals surface area (Å²) in [6, 6.07) is 13.4. The van der Waals surface area contributed by atoms with Gasteiger partial charge in [0.25, 0.3) is 11.6 Å². The minimum Gasteiger partial charge on any atom is -0.451 e. The molecule has 2 aromatic carbocycles. The quantitative estimate of drug-likeness (QED) is 0.446. The Morgan fingerprint density at radius 3 is 2.61 bits per heavy atom. The van der Waals surface area contributed by atoms with Gasteiger partial charge in [-0.3, -0.25) is 14.9 Å². The van der Waals surface area contributed by atoms with Gasteiger partial charge in [0.1, 0.15) is 11.4 Å². The number of hydrogen-bond donors (Lipinski definition) is 1. The molecule has 31 heavy (non-hydrogen) atoms. The van der Waals surface area contributed by atoms with Gasteiger partial charge in [-0.05, 0) is 42.8 Å². The van der Waals surface area contributed by atoms with Crippen molar-refractivity contribution in [3.8, 4) is 11.3 Å². The van der Waals surface area contributed by atoms with E-state index < -0.39 is 10.8 Å². The smallest absolute Gasteiger partial charge is 0.294 e. The number of ether oxygens (including phenoxy) is 1. The van der Waals surface area contributed by atoms with Gasteiger partial charge in [0.05, 0.1) is 18.1 Å². The lowest BCUT2D eigenvalue weighted by atomic mass is 10.1. The molecule has 1 N–H and O–H groups in total. The summed E-state index contributed by atoms with van der Waals surface area (Å²) in [7, 11) is 0.